The van der Waals surface area contributed by atoms with Gasteiger partial charge in [0.25, 0.3) is 0 Å². The van der Waals surface area contributed by atoms with E-state index in [1.54, 1.807) is 18.4 Å². The molecule has 1 aromatic heterocycles. The van der Waals surface area contributed by atoms with Crippen LogP contribution in [-0.2, 0) is 11.3 Å². The standard InChI is InChI=1S/C13H20ClNOS/c1-16-9-7-11-4-2-3-8-15(11)10-12-5-6-13(14)17-12/h5-6,11H,2-4,7-10H2,1H3/t11-/m0/s1. The Bertz CT molecular complexity index is 342. The van der Waals surface area contributed by atoms with Crippen LogP contribution in [-0.4, -0.2) is 31.2 Å². The second-order valence-corrected chi connectivity index (χ2v) is 6.41. The molecule has 1 atom stereocenters. The van der Waals surface area contributed by atoms with Crippen LogP contribution in [0.25, 0.3) is 0 Å². The van der Waals surface area contributed by atoms with Gasteiger partial charge in [-0.25, -0.2) is 0 Å². The number of rotatable bonds is 5. The van der Waals surface area contributed by atoms with Crippen LogP contribution in [0, 0.1) is 0 Å². The molecule has 0 aromatic carbocycles. The zero-order valence-electron chi connectivity index (χ0n) is 10.3. The largest absolute Gasteiger partial charge is 0.385 e. The minimum Gasteiger partial charge on any atom is -0.385 e. The molecule has 0 bridgehead atoms. The van der Waals surface area contributed by atoms with Gasteiger partial charge in [0.15, 0.2) is 0 Å². The summed E-state index contributed by atoms with van der Waals surface area (Å²) in [4.78, 5) is 3.96. The van der Waals surface area contributed by atoms with Crippen LogP contribution in [0.3, 0.4) is 0 Å². The fourth-order valence-electron chi connectivity index (χ4n) is 2.49. The first-order chi connectivity index (χ1) is 8.29. The summed E-state index contributed by atoms with van der Waals surface area (Å²) < 4.78 is 6.10. The van der Waals surface area contributed by atoms with Gasteiger partial charge in [0.05, 0.1) is 4.34 Å². The van der Waals surface area contributed by atoms with E-state index in [1.165, 1.54) is 30.7 Å². The third-order valence-corrected chi connectivity index (χ3v) is 4.61. The predicted octanol–water partition coefficient (Wildman–Crippen LogP) is 3.79. The molecule has 0 unspecified atom stereocenters. The lowest BCUT2D eigenvalue weighted by Gasteiger charge is -2.35. The van der Waals surface area contributed by atoms with Crippen LogP contribution in [0.5, 0.6) is 0 Å². The number of hydrogen-bond donors (Lipinski definition) is 0. The van der Waals surface area contributed by atoms with E-state index in [0.717, 1.165) is 23.9 Å². The zero-order chi connectivity index (χ0) is 12.1. The van der Waals surface area contributed by atoms with Crippen LogP contribution in [0.4, 0.5) is 0 Å². The van der Waals surface area contributed by atoms with E-state index in [0.29, 0.717) is 6.04 Å². The summed E-state index contributed by atoms with van der Waals surface area (Å²) in [7, 11) is 1.78. The van der Waals surface area contributed by atoms with Gasteiger partial charge < -0.3 is 4.74 Å². The lowest BCUT2D eigenvalue weighted by molar-refractivity contribution is 0.0982. The second kappa shape index (κ2) is 6.74. The van der Waals surface area contributed by atoms with Gasteiger partial charge in [-0.05, 0) is 37.9 Å². The maximum atomic E-state index is 5.98. The molecule has 1 aromatic rings. The van der Waals surface area contributed by atoms with Crippen LogP contribution < -0.4 is 0 Å². The van der Waals surface area contributed by atoms with Crippen molar-refractivity contribution in [3.63, 3.8) is 0 Å². The Morgan fingerprint density at radius 2 is 2.35 bits per heavy atom. The molecule has 1 aliphatic rings. The monoisotopic (exact) mass is 273 g/mol. The van der Waals surface area contributed by atoms with Gasteiger partial charge in [0, 0.05) is 31.2 Å². The highest BCUT2D eigenvalue weighted by Gasteiger charge is 2.22. The molecule has 2 nitrogen and oxygen atoms in total. The maximum Gasteiger partial charge on any atom is 0.0931 e. The van der Waals surface area contributed by atoms with E-state index in [9.17, 15) is 0 Å². The van der Waals surface area contributed by atoms with Crippen molar-refractivity contribution in [3.8, 4) is 0 Å². The number of hydrogen-bond acceptors (Lipinski definition) is 3. The molecule has 0 saturated carbocycles. The Balaban J connectivity index is 1.91. The number of methoxy groups -OCH3 is 1. The van der Waals surface area contributed by atoms with Gasteiger partial charge >= 0.3 is 0 Å². The first-order valence-electron chi connectivity index (χ1n) is 6.27. The third kappa shape index (κ3) is 3.95. The predicted molar refractivity (Wildman–Crippen MR) is 73.9 cm³/mol. The molecule has 2 rings (SSSR count). The van der Waals surface area contributed by atoms with E-state index in [1.807, 2.05) is 6.07 Å². The highest BCUT2D eigenvalue weighted by atomic mass is 35.5. The minimum absolute atomic E-state index is 0.685. The van der Waals surface area contributed by atoms with Crippen molar-refractivity contribution in [3.05, 3.63) is 21.3 Å². The average molecular weight is 274 g/mol. The number of halogens is 1. The summed E-state index contributed by atoms with van der Waals surface area (Å²) in [5, 5.41) is 0. The third-order valence-electron chi connectivity index (χ3n) is 3.39. The van der Waals surface area contributed by atoms with Gasteiger partial charge in [0.2, 0.25) is 0 Å². The topological polar surface area (TPSA) is 12.5 Å². The quantitative estimate of drug-likeness (QED) is 0.809. The van der Waals surface area contributed by atoms with Crippen molar-refractivity contribution in [1.82, 2.24) is 4.90 Å². The first kappa shape index (κ1) is 13.3. The van der Waals surface area contributed by atoms with E-state index >= 15 is 0 Å². The highest BCUT2D eigenvalue weighted by molar-refractivity contribution is 7.16. The van der Waals surface area contributed by atoms with Crippen LogP contribution in [0.1, 0.15) is 30.6 Å². The van der Waals surface area contributed by atoms with Gasteiger partial charge in [-0.15, -0.1) is 11.3 Å². The van der Waals surface area contributed by atoms with Gasteiger partial charge in [0.1, 0.15) is 0 Å². The van der Waals surface area contributed by atoms with Crippen molar-refractivity contribution in [1.29, 1.82) is 0 Å². The Hall–Kier alpha value is -0.0900. The van der Waals surface area contributed by atoms with E-state index in [-0.39, 0.29) is 0 Å². The van der Waals surface area contributed by atoms with Gasteiger partial charge in [-0.3, -0.25) is 4.90 Å². The second-order valence-electron chi connectivity index (χ2n) is 4.61. The molecule has 1 aliphatic heterocycles. The highest BCUT2D eigenvalue weighted by Crippen LogP contribution is 2.26. The fraction of sp³-hybridized carbons (Fsp3) is 0.692. The summed E-state index contributed by atoms with van der Waals surface area (Å²) in [6.07, 6.45) is 5.14. The number of ether oxygens (including phenoxy) is 1. The molecule has 0 amide bonds. The Kier molecular flexibility index (Phi) is 5.29. The van der Waals surface area contributed by atoms with Crippen LogP contribution in [0.15, 0.2) is 12.1 Å². The molecular formula is C13H20ClNOS. The molecule has 0 radical (unpaired) electrons. The molecule has 1 fully saturated rings. The molecule has 0 aliphatic carbocycles. The van der Waals surface area contributed by atoms with Gasteiger partial charge in [-0.1, -0.05) is 18.0 Å². The van der Waals surface area contributed by atoms with Crippen molar-refractivity contribution < 1.29 is 4.74 Å². The number of thiophene rings is 1. The van der Waals surface area contributed by atoms with Crippen molar-refractivity contribution in [2.24, 2.45) is 0 Å². The summed E-state index contributed by atoms with van der Waals surface area (Å²) in [5.74, 6) is 0. The summed E-state index contributed by atoms with van der Waals surface area (Å²) in [5.41, 5.74) is 0. The van der Waals surface area contributed by atoms with Crippen molar-refractivity contribution >= 4 is 22.9 Å². The van der Waals surface area contributed by atoms with E-state index in [2.05, 4.69) is 11.0 Å². The SMILES string of the molecule is COCC[C@@H]1CCCCN1Cc1ccc(Cl)s1. The smallest absolute Gasteiger partial charge is 0.0931 e. The maximum absolute atomic E-state index is 5.98. The molecule has 17 heavy (non-hydrogen) atoms. The molecule has 0 N–H and O–H groups in total. The molecule has 96 valence electrons. The molecule has 0 spiro atoms. The summed E-state index contributed by atoms with van der Waals surface area (Å²) in [6, 6.07) is 4.83. The van der Waals surface area contributed by atoms with E-state index < -0.39 is 0 Å². The fourth-order valence-corrected chi connectivity index (χ4v) is 3.60. The summed E-state index contributed by atoms with van der Waals surface area (Å²) in [6.45, 7) is 3.13. The number of piperidine rings is 1. The first-order valence-corrected chi connectivity index (χ1v) is 7.46. The molecule has 2 heterocycles. The Morgan fingerprint density at radius 3 is 3.06 bits per heavy atom. The zero-order valence-corrected chi connectivity index (χ0v) is 11.9. The number of nitrogens with zero attached hydrogens (tertiary/aromatic N) is 1. The number of likely N-dealkylation sites (tertiary alicyclic amines) is 1. The van der Waals surface area contributed by atoms with Crippen LogP contribution in [0.2, 0.25) is 4.34 Å². The average Bonchev–Trinajstić information content (AvgIpc) is 2.74. The lowest BCUT2D eigenvalue weighted by atomic mass is 9.99. The summed E-state index contributed by atoms with van der Waals surface area (Å²) >= 11 is 7.68. The van der Waals surface area contributed by atoms with Crippen molar-refractivity contribution in [2.75, 3.05) is 20.3 Å². The Morgan fingerprint density at radius 1 is 1.47 bits per heavy atom. The molecular weight excluding hydrogens is 254 g/mol. The van der Waals surface area contributed by atoms with Crippen LogP contribution >= 0.6 is 22.9 Å². The minimum atomic E-state index is 0.685. The Labute approximate surface area is 113 Å². The van der Waals surface area contributed by atoms with Crippen molar-refractivity contribution in [2.45, 2.75) is 38.3 Å². The molecule has 4 heteroatoms. The normalized spacial score (nSPS) is 21.9. The molecule has 1 saturated heterocycles. The van der Waals surface area contributed by atoms with E-state index in [4.69, 9.17) is 16.3 Å². The van der Waals surface area contributed by atoms with Gasteiger partial charge in [-0.2, -0.15) is 0 Å². The lowest BCUT2D eigenvalue weighted by Crippen LogP contribution is -2.39.